The normalized spacial score (nSPS) is 27.3. The van der Waals surface area contributed by atoms with E-state index < -0.39 is 0 Å². The molecule has 2 atom stereocenters. The van der Waals surface area contributed by atoms with E-state index in [1.165, 1.54) is 0 Å². The Balaban J connectivity index is 1.48. The molecular formula is C16H26N4O2. The van der Waals surface area contributed by atoms with Crippen LogP contribution in [0.25, 0.3) is 0 Å². The number of carbonyl (C=O) groups is 1. The Morgan fingerprint density at radius 1 is 1.45 bits per heavy atom. The van der Waals surface area contributed by atoms with Gasteiger partial charge in [-0.2, -0.15) is 0 Å². The molecule has 1 N–H and O–H groups in total. The number of nitrogens with zero attached hydrogens (tertiary/aromatic N) is 3. The second-order valence-corrected chi connectivity index (χ2v) is 6.97. The molecule has 2 fully saturated rings. The van der Waals surface area contributed by atoms with Gasteiger partial charge in [-0.3, -0.25) is 0 Å². The van der Waals surface area contributed by atoms with Crippen LogP contribution in [-0.2, 0) is 11.3 Å². The number of aromatic nitrogens is 2. The Kier molecular flexibility index (Phi) is 4.38. The zero-order chi connectivity index (χ0) is 15.6. The second kappa shape index (κ2) is 6.28. The van der Waals surface area contributed by atoms with Crippen molar-refractivity contribution < 1.29 is 9.53 Å². The van der Waals surface area contributed by atoms with Gasteiger partial charge in [0.2, 0.25) is 0 Å². The number of nitrogens with one attached hydrogen (secondary N) is 1. The standard InChI is InChI=1S/C16H26N4O2/c1-16(2)6-5-14(22-16)10-18-15(21)20-8-3-4-13(20)11-19-9-7-17-12-19/h7,9,12-14H,3-6,8,10-11H2,1-2H3,(H,18,21)/t13-,14-/m1/s1. The summed E-state index contributed by atoms with van der Waals surface area (Å²) in [6, 6.07) is 0.297. The van der Waals surface area contributed by atoms with Crippen LogP contribution in [0, 0.1) is 0 Å². The van der Waals surface area contributed by atoms with Crippen LogP contribution < -0.4 is 5.32 Å². The molecule has 2 saturated heterocycles. The fourth-order valence-corrected chi connectivity index (χ4v) is 3.46. The van der Waals surface area contributed by atoms with Gasteiger partial charge >= 0.3 is 6.03 Å². The molecule has 22 heavy (non-hydrogen) atoms. The molecule has 1 aromatic rings. The van der Waals surface area contributed by atoms with Gasteiger partial charge in [-0.05, 0) is 39.5 Å². The largest absolute Gasteiger partial charge is 0.371 e. The van der Waals surface area contributed by atoms with Gasteiger partial charge in [-0.15, -0.1) is 0 Å². The first-order valence-electron chi connectivity index (χ1n) is 8.21. The van der Waals surface area contributed by atoms with Crippen molar-refractivity contribution in [3.05, 3.63) is 18.7 Å². The van der Waals surface area contributed by atoms with Crippen molar-refractivity contribution in [2.24, 2.45) is 0 Å². The van der Waals surface area contributed by atoms with Crippen LogP contribution in [0.3, 0.4) is 0 Å². The molecule has 0 aliphatic carbocycles. The Labute approximate surface area is 131 Å². The maximum absolute atomic E-state index is 12.4. The first-order chi connectivity index (χ1) is 10.5. The van der Waals surface area contributed by atoms with Crippen LogP contribution in [0.4, 0.5) is 4.79 Å². The zero-order valence-corrected chi connectivity index (χ0v) is 13.5. The van der Waals surface area contributed by atoms with Gasteiger partial charge in [0.25, 0.3) is 0 Å². The summed E-state index contributed by atoms with van der Waals surface area (Å²) in [5.41, 5.74) is -0.0486. The van der Waals surface area contributed by atoms with E-state index in [2.05, 4.69) is 24.1 Å². The molecule has 6 heteroatoms. The van der Waals surface area contributed by atoms with Gasteiger partial charge in [0.1, 0.15) is 0 Å². The van der Waals surface area contributed by atoms with Crippen molar-refractivity contribution in [2.75, 3.05) is 13.1 Å². The summed E-state index contributed by atoms with van der Waals surface area (Å²) >= 11 is 0. The van der Waals surface area contributed by atoms with Gasteiger partial charge < -0.3 is 19.5 Å². The minimum atomic E-state index is -0.0486. The second-order valence-electron chi connectivity index (χ2n) is 6.97. The molecule has 122 valence electrons. The number of urea groups is 1. The number of hydrogen-bond donors (Lipinski definition) is 1. The third-order valence-electron chi connectivity index (χ3n) is 4.65. The lowest BCUT2D eigenvalue weighted by Crippen LogP contribution is -2.46. The molecule has 1 aromatic heterocycles. The van der Waals surface area contributed by atoms with Gasteiger partial charge in [-0.1, -0.05) is 0 Å². The van der Waals surface area contributed by atoms with Crippen LogP contribution in [0.2, 0.25) is 0 Å². The van der Waals surface area contributed by atoms with Gasteiger partial charge in [0.05, 0.1) is 24.1 Å². The van der Waals surface area contributed by atoms with Crippen molar-refractivity contribution in [3.63, 3.8) is 0 Å². The van der Waals surface area contributed by atoms with Gasteiger partial charge in [-0.25, -0.2) is 9.78 Å². The molecule has 3 heterocycles. The maximum Gasteiger partial charge on any atom is 0.317 e. The summed E-state index contributed by atoms with van der Waals surface area (Å²) in [5.74, 6) is 0. The topological polar surface area (TPSA) is 59.4 Å². The van der Waals surface area contributed by atoms with Crippen molar-refractivity contribution in [1.82, 2.24) is 19.8 Å². The van der Waals surface area contributed by atoms with Crippen molar-refractivity contribution in [1.29, 1.82) is 0 Å². The number of hydrogen-bond acceptors (Lipinski definition) is 3. The fraction of sp³-hybridized carbons (Fsp3) is 0.750. The van der Waals surface area contributed by atoms with Crippen molar-refractivity contribution in [3.8, 4) is 0 Å². The number of likely N-dealkylation sites (tertiary alicyclic amines) is 1. The molecule has 0 saturated carbocycles. The van der Waals surface area contributed by atoms with Crippen molar-refractivity contribution >= 4 is 6.03 Å². The van der Waals surface area contributed by atoms with Gasteiger partial charge in [0, 0.05) is 32.0 Å². The van der Waals surface area contributed by atoms with Crippen molar-refractivity contribution in [2.45, 2.75) is 63.8 Å². The van der Waals surface area contributed by atoms with Crippen LogP contribution in [0.5, 0.6) is 0 Å². The monoisotopic (exact) mass is 306 g/mol. The van der Waals surface area contributed by atoms with E-state index in [0.29, 0.717) is 6.54 Å². The molecule has 6 nitrogen and oxygen atoms in total. The molecule has 0 radical (unpaired) electrons. The van der Waals surface area contributed by atoms with Crippen LogP contribution in [0.1, 0.15) is 39.5 Å². The smallest absolute Gasteiger partial charge is 0.317 e. The number of rotatable bonds is 4. The lowest BCUT2D eigenvalue weighted by molar-refractivity contribution is -0.0136. The van der Waals surface area contributed by atoms with E-state index in [1.807, 2.05) is 22.0 Å². The van der Waals surface area contributed by atoms with Crippen LogP contribution in [0.15, 0.2) is 18.7 Å². The average molecular weight is 306 g/mol. The maximum atomic E-state index is 12.4. The number of imidazole rings is 1. The summed E-state index contributed by atoms with van der Waals surface area (Å²) in [6.07, 6.45) is 9.88. The third kappa shape index (κ3) is 3.61. The number of ether oxygens (including phenoxy) is 1. The van der Waals surface area contributed by atoms with E-state index in [9.17, 15) is 4.79 Å². The first kappa shape index (κ1) is 15.3. The summed E-state index contributed by atoms with van der Waals surface area (Å²) in [6.45, 7) is 6.48. The minimum Gasteiger partial charge on any atom is -0.371 e. The lowest BCUT2D eigenvalue weighted by atomic mass is 10.1. The highest BCUT2D eigenvalue weighted by atomic mass is 16.5. The number of amides is 2. The van der Waals surface area contributed by atoms with E-state index >= 15 is 0 Å². The van der Waals surface area contributed by atoms with E-state index in [0.717, 1.165) is 38.8 Å². The fourth-order valence-electron chi connectivity index (χ4n) is 3.46. The van der Waals surface area contributed by atoms with E-state index in [1.54, 1.807) is 6.20 Å². The molecule has 2 aliphatic heterocycles. The minimum absolute atomic E-state index is 0.0379. The quantitative estimate of drug-likeness (QED) is 0.926. The highest BCUT2D eigenvalue weighted by Gasteiger charge is 2.33. The molecule has 0 unspecified atom stereocenters. The Morgan fingerprint density at radius 3 is 3.00 bits per heavy atom. The molecule has 0 spiro atoms. The summed E-state index contributed by atoms with van der Waals surface area (Å²) in [7, 11) is 0. The molecule has 2 amide bonds. The average Bonchev–Trinajstić information content (AvgIpc) is 3.18. The Hall–Kier alpha value is -1.56. The zero-order valence-electron chi connectivity index (χ0n) is 13.5. The third-order valence-corrected chi connectivity index (χ3v) is 4.65. The molecular weight excluding hydrogens is 280 g/mol. The highest BCUT2D eigenvalue weighted by molar-refractivity contribution is 5.74. The molecule has 0 aromatic carbocycles. The van der Waals surface area contributed by atoms with Gasteiger partial charge in [0.15, 0.2) is 0 Å². The Bertz CT molecular complexity index is 500. The predicted octanol–water partition coefficient (Wildman–Crippen LogP) is 2.01. The summed E-state index contributed by atoms with van der Waals surface area (Å²) in [4.78, 5) is 18.5. The van der Waals surface area contributed by atoms with Crippen LogP contribution >= 0.6 is 0 Å². The SMILES string of the molecule is CC1(C)CC[C@H](CNC(=O)N2CCC[C@@H]2Cn2ccnc2)O1. The first-order valence-corrected chi connectivity index (χ1v) is 8.21. The van der Waals surface area contributed by atoms with E-state index in [-0.39, 0.29) is 23.8 Å². The van der Waals surface area contributed by atoms with Crippen LogP contribution in [-0.4, -0.2) is 51.3 Å². The molecule has 2 aliphatic rings. The molecule has 0 bridgehead atoms. The Morgan fingerprint density at radius 2 is 2.32 bits per heavy atom. The number of carbonyl (C=O) groups excluding carboxylic acids is 1. The summed E-state index contributed by atoms with van der Waals surface area (Å²) < 4.78 is 7.97. The summed E-state index contributed by atoms with van der Waals surface area (Å²) in [5, 5.41) is 3.05. The van der Waals surface area contributed by atoms with E-state index in [4.69, 9.17) is 4.74 Å². The lowest BCUT2D eigenvalue weighted by Gasteiger charge is -2.26. The highest BCUT2D eigenvalue weighted by Crippen LogP contribution is 2.29. The molecule has 3 rings (SSSR count). The predicted molar refractivity (Wildman–Crippen MR) is 83.5 cm³/mol.